The van der Waals surface area contributed by atoms with Crippen molar-refractivity contribution < 1.29 is 18.0 Å². The van der Waals surface area contributed by atoms with E-state index in [9.17, 15) is 18.0 Å². The largest absolute Gasteiger partial charge is 0.433 e. The van der Waals surface area contributed by atoms with Crippen LogP contribution in [-0.2, 0) is 12.7 Å². The summed E-state index contributed by atoms with van der Waals surface area (Å²) < 4.78 is 37.5. The molecule has 3 heterocycles. The van der Waals surface area contributed by atoms with Crippen LogP contribution in [0.2, 0.25) is 0 Å². The number of nitrogens with one attached hydrogen (secondary N) is 1. The van der Waals surface area contributed by atoms with Crippen molar-refractivity contribution in [2.24, 2.45) is 0 Å². The predicted octanol–water partition coefficient (Wildman–Crippen LogP) is 3.49. The van der Waals surface area contributed by atoms with Crippen LogP contribution in [0.1, 0.15) is 21.6 Å². The van der Waals surface area contributed by atoms with E-state index in [0.717, 1.165) is 35.2 Å². The number of carbonyl (C=O) groups is 1. The molecule has 0 unspecified atom stereocenters. The third-order valence-corrected chi connectivity index (χ3v) is 3.57. The van der Waals surface area contributed by atoms with E-state index >= 15 is 0 Å². The number of halogens is 3. The van der Waals surface area contributed by atoms with Gasteiger partial charge in [-0.2, -0.15) is 13.2 Å². The van der Waals surface area contributed by atoms with Gasteiger partial charge in [0.1, 0.15) is 5.69 Å². The SMILES string of the molecule is O=C(NCc1ccnc(-c2ccncc2)c1)c1ccc(C(F)(F)F)nc1. The number of pyridine rings is 3. The molecule has 5 nitrogen and oxygen atoms in total. The molecule has 0 bridgehead atoms. The Hall–Kier alpha value is -3.29. The van der Waals surface area contributed by atoms with Gasteiger partial charge in [-0.15, -0.1) is 0 Å². The highest BCUT2D eigenvalue weighted by Crippen LogP contribution is 2.27. The lowest BCUT2D eigenvalue weighted by Crippen LogP contribution is -2.23. The molecule has 132 valence electrons. The smallest absolute Gasteiger partial charge is 0.348 e. The summed E-state index contributed by atoms with van der Waals surface area (Å²) in [6.07, 6.45) is 1.31. The van der Waals surface area contributed by atoms with Gasteiger partial charge in [0.15, 0.2) is 0 Å². The van der Waals surface area contributed by atoms with Crippen LogP contribution in [0.15, 0.2) is 61.2 Å². The van der Waals surface area contributed by atoms with E-state index in [1.54, 1.807) is 24.7 Å². The molecule has 0 radical (unpaired) electrons. The Morgan fingerprint density at radius 2 is 1.77 bits per heavy atom. The van der Waals surface area contributed by atoms with Crippen LogP contribution in [0.25, 0.3) is 11.3 Å². The maximum Gasteiger partial charge on any atom is 0.433 e. The van der Waals surface area contributed by atoms with Gasteiger partial charge in [0, 0.05) is 36.9 Å². The molecule has 0 aromatic carbocycles. The molecule has 0 saturated heterocycles. The summed E-state index contributed by atoms with van der Waals surface area (Å²) >= 11 is 0. The molecule has 0 aliphatic carbocycles. The van der Waals surface area contributed by atoms with Crippen LogP contribution >= 0.6 is 0 Å². The minimum atomic E-state index is -4.53. The number of nitrogens with zero attached hydrogens (tertiary/aromatic N) is 3. The fraction of sp³-hybridized carbons (Fsp3) is 0.111. The zero-order valence-corrected chi connectivity index (χ0v) is 13.4. The van der Waals surface area contributed by atoms with Crippen LogP contribution in [0, 0.1) is 0 Å². The second-order valence-electron chi connectivity index (χ2n) is 5.40. The van der Waals surface area contributed by atoms with Gasteiger partial charge < -0.3 is 5.32 Å². The van der Waals surface area contributed by atoms with Crippen LogP contribution in [0.5, 0.6) is 0 Å². The lowest BCUT2D eigenvalue weighted by molar-refractivity contribution is -0.141. The van der Waals surface area contributed by atoms with Crippen LogP contribution in [0.4, 0.5) is 13.2 Å². The van der Waals surface area contributed by atoms with E-state index in [1.165, 1.54) is 0 Å². The zero-order chi connectivity index (χ0) is 18.6. The average molecular weight is 358 g/mol. The number of aromatic nitrogens is 3. The van der Waals surface area contributed by atoms with Crippen molar-refractivity contribution in [3.05, 3.63) is 78.0 Å². The molecule has 0 aliphatic rings. The minimum Gasteiger partial charge on any atom is -0.348 e. The van der Waals surface area contributed by atoms with Crippen LogP contribution in [-0.4, -0.2) is 20.9 Å². The van der Waals surface area contributed by atoms with Crippen molar-refractivity contribution in [2.45, 2.75) is 12.7 Å². The Kier molecular flexibility index (Phi) is 4.92. The highest BCUT2D eigenvalue weighted by molar-refractivity contribution is 5.93. The molecular weight excluding hydrogens is 345 g/mol. The molecule has 3 aromatic rings. The lowest BCUT2D eigenvalue weighted by atomic mass is 10.1. The summed E-state index contributed by atoms with van der Waals surface area (Å²) in [7, 11) is 0. The maximum atomic E-state index is 12.5. The van der Waals surface area contributed by atoms with E-state index in [1.807, 2.05) is 18.2 Å². The third-order valence-electron chi connectivity index (χ3n) is 3.57. The van der Waals surface area contributed by atoms with Gasteiger partial charge in [-0.25, -0.2) is 0 Å². The number of rotatable bonds is 4. The lowest BCUT2D eigenvalue weighted by Gasteiger charge is -2.08. The Balaban J connectivity index is 1.66. The average Bonchev–Trinajstić information content (AvgIpc) is 2.66. The number of alkyl halides is 3. The van der Waals surface area contributed by atoms with Gasteiger partial charge in [0.2, 0.25) is 0 Å². The molecule has 0 fully saturated rings. The quantitative estimate of drug-likeness (QED) is 0.775. The zero-order valence-electron chi connectivity index (χ0n) is 13.4. The normalized spacial score (nSPS) is 11.2. The standard InChI is InChI=1S/C18H13F3N4O/c19-18(20,21)16-2-1-14(11-24-16)17(26)25-10-12-3-8-23-15(9-12)13-4-6-22-7-5-13/h1-9,11H,10H2,(H,25,26). The molecule has 3 aromatic heterocycles. The molecule has 0 atom stereocenters. The fourth-order valence-corrected chi connectivity index (χ4v) is 2.25. The Morgan fingerprint density at radius 3 is 2.42 bits per heavy atom. The van der Waals surface area contributed by atoms with Crippen molar-refractivity contribution >= 4 is 5.91 Å². The first kappa shape index (κ1) is 17.5. The second-order valence-corrected chi connectivity index (χ2v) is 5.40. The van der Waals surface area contributed by atoms with Crippen molar-refractivity contribution in [2.75, 3.05) is 0 Å². The third kappa shape index (κ3) is 4.21. The first-order valence-corrected chi connectivity index (χ1v) is 7.60. The molecule has 1 amide bonds. The van der Waals surface area contributed by atoms with E-state index in [4.69, 9.17) is 0 Å². The van der Waals surface area contributed by atoms with Gasteiger partial charge in [-0.3, -0.25) is 19.7 Å². The van der Waals surface area contributed by atoms with Crippen LogP contribution in [0.3, 0.4) is 0 Å². The second kappa shape index (κ2) is 7.30. The predicted molar refractivity (Wildman–Crippen MR) is 87.9 cm³/mol. The monoisotopic (exact) mass is 358 g/mol. The highest BCUT2D eigenvalue weighted by atomic mass is 19.4. The molecule has 3 rings (SSSR count). The van der Waals surface area contributed by atoms with E-state index in [2.05, 4.69) is 20.3 Å². The summed E-state index contributed by atoms with van der Waals surface area (Å²) in [5.41, 5.74) is 1.45. The summed E-state index contributed by atoms with van der Waals surface area (Å²) in [5, 5.41) is 2.65. The van der Waals surface area contributed by atoms with E-state index in [-0.39, 0.29) is 12.1 Å². The Labute approximate surface area is 147 Å². The maximum absolute atomic E-state index is 12.5. The minimum absolute atomic E-state index is 0.0569. The molecular formula is C18H13F3N4O. The summed E-state index contributed by atoms with van der Waals surface area (Å²) in [6.45, 7) is 0.209. The molecule has 0 spiro atoms. The summed E-state index contributed by atoms with van der Waals surface area (Å²) in [5.74, 6) is -0.506. The van der Waals surface area contributed by atoms with Gasteiger partial charge in [-0.05, 0) is 42.0 Å². The molecule has 0 aliphatic heterocycles. The van der Waals surface area contributed by atoms with E-state index in [0.29, 0.717) is 0 Å². The van der Waals surface area contributed by atoms with Gasteiger partial charge >= 0.3 is 6.18 Å². The van der Waals surface area contributed by atoms with Crippen LogP contribution < -0.4 is 5.32 Å². The summed E-state index contributed by atoms with van der Waals surface area (Å²) in [4.78, 5) is 23.6. The van der Waals surface area contributed by atoms with E-state index < -0.39 is 17.8 Å². The number of hydrogen-bond acceptors (Lipinski definition) is 4. The molecule has 26 heavy (non-hydrogen) atoms. The Morgan fingerprint density at radius 1 is 1.00 bits per heavy atom. The number of carbonyl (C=O) groups excluding carboxylic acids is 1. The van der Waals surface area contributed by atoms with Gasteiger partial charge in [0.25, 0.3) is 5.91 Å². The molecule has 1 N–H and O–H groups in total. The van der Waals surface area contributed by atoms with Crippen molar-refractivity contribution in [1.29, 1.82) is 0 Å². The van der Waals surface area contributed by atoms with Gasteiger partial charge in [0.05, 0.1) is 11.3 Å². The van der Waals surface area contributed by atoms with Crippen molar-refractivity contribution in [3.8, 4) is 11.3 Å². The number of amides is 1. The fourth-order valence-electron chi connectivity index (χ4n) is 2.25. The molecule has 8 heteroatoms. The first-order valence-electron chi connectivity index (χ1n) is 7.60. The topological polar surface area (TPSA) is 67.8 Å². The first-order chi connectivity index (χ1) is 12.4. The van der Waals surface area contributed by atoms with Crippen molar-refractivity contribution in [3.63, 3.8) is 0 Å². The highest BCUT2D eigenvalue weighted by Gasteiger charge is 2.32. The number of hydrogen-bond donors (Lipinski definition) is 1. The van der Waals surface area contributed by atoms with Gasteiger partial charge in [-0.1, -0.05) is 0 Å². The Bertz CT molecular complexity index is 896. The van der Waals surface area contributed by atoms with Crippen molar-refractivity contribution in [1.82, 2.24) is 20.3 Å². The summed E-state index contributed by atoms with van der Waals surface area (Å²) in [6, 6.07) is 9.08. The molecule has 0 saturated carbocycles.